The predicted molar refractivity (Wildman–Crippen MR) is 238 cm³/mol. The quantitative estimate of drug-likeness (QED) is 0.167. The average molecular weight is 767 g/mol. The monoisotopic (exact) mass is 766 g/mol. The maximum absolute atomic E-state index is 10.2. The Morgan fingerprint density at radius 2 is 1.00 bits per heavy atom. The molecular weight excluding hydrogens is 737 g/mol. The highest BCUT2D eigenvalue weighted by atomic mass is 16.3. The van der Waals surface area contributed by atoms with Crippen LogP contribution in [0.4, 0.5) is 0 Å². The molecular formula is C53H30N6O. The maximum Gasteiger partial charge on any atom is 0.166 e. The molecule has 0 aliphatic heterocycles. The summed E-state index contributed by atoms with van der Waals surface area (Å²) >= 11 is 0. The molecule has 60 heavy (non-hydrogen) atoms. The van der Waals surface area contributed by atoms with Crippen LogP contribution in [0.15, 0.2) is 186 Å². The van der Waals surface area contributed by atoms with E-state index in [0.717, 1.165) is 88.4 Å². The van der Waals surface area contributed by atoms with E-state index in [1.165, 1.54) is 0 Å². The van der Waals surface area contributed by atoms with Crippen molar-refractivity contribution in [3.05, 3.63) is 193 Å². The van der Waals surface area contributed by atoms with Gasteiger partial charge in [0.05, 0.1) is 40.0 Å². The van der Waals surface area contributed by atoms with Crippen molar-refractivity contribution in [1.29, 1.82) is 10.5 Å². The topological polar surface area (TPSA) is 104 Å². The summed E-state index contributed by atoms with van der Waals surface area (Å²) in [5, 5.41) is 24.0. The van der Waals surface area contributed by atoms with Crippen LogP contribution in [0.1, 0.15) is 11.1 Å². The third-order valence-electron chi connectivity index (χ3n) is 11.1. The Labute approximate surface area is 344 Å². The van der Waals surface area contributed by atoms with Gasteiger partial charge in [0.2, 0.25) is 0 Å². The van der Waals surface area contributed by atoms with Crippen LogP contribution >= 0.6 is 0 Å². The van der Waals surface area contributed by atoms with Gasteiger partial charge in [0, 0.05) is 38.2 Å². The smallest absolute Gasteiger partial charge is 0.166 e. The summed E-state index contributed by atoms with van der Waals surface area (Å²) in [6.45, 7) is 0. The first-order valence-corrected chi connectivity index (χ1v) is 19.5. The van der Waals surface area contributed by atoms with E-state index in [1.807, 2.05) is 97.1 Å². The van der Waals surface area contributed by atoms with Gasteiger partial charge in [0.15, 0.2) is 17.5 Å². The molecule has 7 heteroatoms. The molecule has 8 aromatic carbocycles. The lowest BCUT2D eigenvalue weighted by Gasteiger charge is -2.17. The minimum absolute atomic E-state index is 0.439. The summed E-state index contributed by atoms with van der Waals surface area (Å²) in [5.74, 6) is 1.65. The Bertz CT molecular complexity index is 3520. The van der Waals surface area contributed by atoms with Crippen LogP contribution in [-0.2, 0) is 0 Å². The van der Waals surface area contributed by atoms with Crippen LogP contribution in [-0.4, -0.2) is 19.5 Å². The van der Waals surface area contributed by atoms with Gasteiger partial charge in [-0.2, -0.15) is 10.5 Å². The number of nitrogens with zero attached hydrogens (tertiary/aromatic N) is 6. The standard InChI is InChI=1S/C53H30N6O/c54-31-33-19-23-40(39(27-33)32-55)38-21-24-42-41-15-7-9-17-46(41)59(48(42)29-38)47-26-22-36(37-20-25-44-43-16-8-10-18-49(43)60-50(44)30-37)28-45(47)53-57-51(34-11-3-1-4-12-34)56-52(58-53)35-13-5-2-6-14-35/h1-30H. The van der Waals surface area contributed by atoms with E-state index >= 15 is 0 Å². The van der Waals surface area contributed by atoms with Gasteiger partial charge in [-0.15, -0.1) is 0 Å². The fraction of sp³-hybridized carbons (Fsp3) is 0. The highest BCUT2D eigenvalue weighted by Gasteiger charge is 2.21. The van der Waals surface area contributed by atoms with Crippen LogP contribution in [0.5, 0.6) is 0 Å². The third kappa shape index (κ3) is 5.77. The Kier molecular flexibility index (Phi) is 8.11. The molecule has 3 heterocycles. The van der Waals surface area contributed by atoms with Crippen LogP contribution in [0.3, 0.4) is 0 Å². The molecule has 0 aliphatic rings. The molecule has 0 radical (unpaired) electrons. The first-order valence-electron chi connectivity index (χ1n) is 19.5. The number of aromatic nitrogens is 4. The van der Waals surface area contributed by atoms with Crippen molar-refractivity contribution in [2.24, 2.45) is 0 Å². The normalized spacial score (nSPS) is 11.3. The number of hydrogen-bond acceptors (Lipinski definition) is 6. The van der Waals surface area contributed by atoms with Crippen molar-refractivity contribution in [3.63, 3.8) is 0 Å². The van der Waals surface area contributed by atoms with E-state index in [-0.39, 0.29) is 0 Å². The highest BCUT2D eigenvalue weighted by Crippen LogP contribution is 2.41. The molecule has 11 rings (SSSR count). The van der Waals surface area contributed by atoms with Crippen molar-refractivity contribution >= 4 is 43.7 Å². The van der Waals surface area contributed by atoms with Gasteiger partial charge in [-0.3, -0.25) is 0 Å². The van der Waals surface area contributed by atoms with Crippen molar-refractivity contribution in [3.8, 4) is 74.2 Å². The van der Waals surface area contributed by atoms with Gasteiger partial charge < -0.3 is 8.98 Å². The molecule has 11 aromatic rings. The van der Waals surface area contributed by atoms with E-state index in [1.54, 1.807) is 12.1 Å². The fourth-order valence-corrected chi connectivity index (χ4v) is 8.28. The van der Waals surface area contributed by atoms with Crippen molar-refractivity contribution < 1.29 is 4.42 Å². The molecule has 0 bridgehead atoms. The molecule has 0 N–H and O–H groups in total. The van der Waals surface area contributed by atoms with Gasteiger partial charge in [-0.05, 0) is 76.9 Å². The second-order valence-electron chi connectivity index (χ2n) is 14.6. The summed E-state index contributed by atoms with van der Waals surface area (Å²) in [6.07, 6.45) is 0. The SMILES string of the molecule is N#Cc1ccc(-c2ccc3c4ccccc4n(-c4ccc(-c5ccc6c(c5)oc5ccccc56)cc4-c4nc(-c5ccccc5)nc(-c5ccccc5)n4)c3c2)c(C#N)c1. The van der Waals surface area contributed by atoms with E-state index in [4.69, 9.17) is 19.4 Å². The molecule has 0 fully saturated rings. The summed E-state index contributed by atoms with van der Waals surface area (Å²) in [5.41, 5.74) is 11.5. The van der Waals surface area contributed by atoms with Gasteiger partial charge in [0.1, 0.15) is 11.2 Å². The number of fused-ring (bicyclic) bond motifs is 6. The first kappa shape index (κ1) is 34.6. The number of para-hydroxylation sites is 2. The van der Waals surface area contributed by atoms with E-state index < -0.39 is 0 Å². The molecule has 0 unspecified atom stereocenters. The van der Waals surface area contributed by atoms with Crippen LogP contribution < -0.4 is 0 Å². The number of benzene rings is 8. The van der Waals surface area contributed by atoms with Gasteiger partial charge in [-0.1, -0.05) is 127 Å². The van der Waals surface area contributed by atoms with Crippen molar-refractivity contribution in [2.45, 2.75) is 0 Å². The van der Waals surface area contributed by atoms with E-state index in [0.29, 0.717) is 28.6 Å². The van der Waals surface area contributed by atoms with Gasteiger partial charge in [0.25, 0.3) is 0 Å². The number of rotatable bonds is 6. The Morgan fingerprint density at radius 1 is 0.400 bits per heavy atom. The lowest BCUT2D eigenvalue weighted by molar-refractivity contribution is 0.669. The molecule has 0 amide bonds. The first-order chi connectivity index (χ1) is 29.6. The second kappa shape index (κ2) is 14.1. The van der Waals surface area contributed by atoms with Gasteiger partial charge >= 0.3 is 0 Å². The molecule has 278 valence electrons. The summed E-state index contributed by atoms with van der Waals surface area (Å²) in [7, 11) is 0. The minimum atomic E-state index is 0.439. The largest absolute Gasteiger partial charge is 0.456 e. The summed E-state index contributed by atoms with van der Waals surface area (Å²) < 4.78 is 8.61. The Balaban J connectivity index is 1.20. The zero-order valence-electron chi connectivity index (χ0n) is 31.9. The average Bonchev–Trinajstić information content (AvgIpc) is 3.86. The van der Waals surface area contributed by atoms with E-state index in [9.17, 15) is 10.5 Å². The van der Waals surface area contributed by atoms with E-state index in [2.05, 4.69) is 89.5 Å². The molecule has 0 spiro atoms. The molecule has 0 saturated heterocycles. The fourth-order valence-electron chi connectivity index (χ4n) is 8.28. The maximum atomic E-state index is 10.2. The Morgan fingerprint density at radius 3 is 1.75 bits per heavy atom. The lowest BCUT2D eigenvalue weighted by atomic mass is 9.97. The second-order valence-corrected chi connectivity index (χ2v) is 14.6. The molecule has 0 aliphatic carbocycles. The van der Waals surface area contributed by atoms with Crippen LogP contribution in [0, 0.1) is 22.7 Å². The van der Waals surface area contributed by atoms with Crippen molar-refractivity contribution in [1.82, 2.24) is 19.5 Å². The molecule has 0 saturated carbocycles. The lowest BCUT2D eigenvalue weighted by Crippen LogP contribution is -2.04. The van der Waals surface area contributed by atoms with Gasteiger partial charge in [-0.25, -0.2) is 15.0 Å². The Hall–Kier alpha value is -8.65. The van der Waals surface area contributed by atoms with Crippen LogP contribution in [0.2, 0.25) is 0 Å². The molecule has 0 atom stereocenters. The highest BCUT2D eigenvalue weighted by molar-refractivity contribution is 6.11. The predicted octanol–water partition coefficient (Wildman–Crippen LogP) is 12.9. The zero-order chi connectivity index (χ0) is 40.2. The number of furan rings is 1. The van der Waals surface area contributed by atoms with Crippen molar-refractivity contribution in [2.75, 3.05) is 0 Å². The number of nitriles is 2. The summed E-state index contributed by atoms with van der Waals surface area (Å²) in [6, 6.07) is 65.3. The zero-order valence-corrected chi connectivity index (χ0v) is 31.9. The summed E-state index contributed by atoms with van der Waals surface area (Å²) in [4.78, 5) is 15.5. The van der Waals surface area contributed by atoms with Crippen LogP contribution in [0.25, 0.3) is 106 Å². The molecule has 3 aromatic heterocycles. The molecule has 7 nitrogen and oxygen atoms in total. The minimum Gasteiger partial charge on any atom is -0.456 e. The third-order valence-corrected chi connectivity index (χ3v) is 11.1. The number of hydrogen-bond donors (Lipinski definition) is 0.